The van der Waals surface area contributed by atoms with Gasteiger partial charge < -0.3 is 9.64 Å². The van der Waals surface area contributed by atoms with Crippen LogP contribution in [0.15, 0.2) is 45.8 Å². The van der Waals surface area contributed by atoms with Gasteiger partial charge in [-0.1, -0.05) is 22.0 Å². The number of sulfonamides is 1. The van der Waals surface area contributed by atoms with E-state index in [1.807, 2.05) is 30.0 Å². The van der Waals surface area contributed by atoms with Crippen molar-refractivity contribution < 1.29 is 26.3 Å². The van der Waals surface area contributed by atoms with E-state index in [-0.39, 0.29) is 17.6 Å². The molecule has 0 N–H and O–H groups in total. The molecule has 3 rings (SSSR count). The fourth-order valence-electron chi connectivity index (χ4n) is 2.90. The van der Waals surface area contributed by atoms with Crippen LogP contribution in [0.2, 0.25) is 0 Å². The van der Waals surface area contributed by atoms with Crippen LogP contribution in [0.1, 0.15) is 5.69 Å². The zero-order valence-corrected chi connectivity index (χ0v) is 17.2. The molecule has 1 aromatic carbocycles. The number of hydrogen-bond acceptors (Lipinski definition) is 5. The molecule has 11 heteroatoms. The number of rotatable bonds is 4. The Kier molecular flexibility index (Phi) is 5.87. The molecular formula is C17H17BrF3N3O3S. The van der Waals surface area contributed by atoms with Crippen molar-refractivity contribution in [2.75, 3.05) is 31.1 Å². The summed E-state index contributed by atoms with van der Waals surface area (Å²) in [7, 11) is -4.16. The summed E-state index contributed by atoms with van der Waals surface area (Å²) < 4.78 is 69.3. The maximum Gasteiger partial charge on any atom is 0.573 e. The lowest BCUT2D eigenvalue weighted by Gasteiger charge is -2.35. The molecule has 2 heterocycles. The van der Waals surface area contributed by atoms with E-state index >= 15 is 0 Å². The molecule has 0 amide bonds. The first kappa shape index (κ1) is 20.9. The summed E-state index contributed by atoms with van der Waals surface area (Å²) in [5.74, 6) is -0.0218. The molecule has 1 aliphatic rings. The van der Waals surface area contributed by atoms with E-state index in [0.29, 0.717) is 13.1 Å². The lowest BCUT2D eigenvalue weighted by atomic mass is 10.3. The summed E-state index contributed by atoms with van der Waals surface area (Å²) in [5, 5.41) is 0. The van der Waals surface area contributed by atoms with Crippen molar-refractivity contribution >= 4 is 31.8 Å². The van der Waals surface area contributed by atoms with Gasteiger partial charge in [0.15, 0.2) is 5.75 Å². The monoisotopic (exact) mass is 479 g/mol. The van der Waals surface area contributed by atoms with Gasteiger partial charge in [-0.05, 0) is 37.3 Å². The molecule has 2 aromatic rings. The van der Waals surface area contributed by atoms with E-state index in [9.17, 15) is 21.6 Å². The Morgan fingerprint density at radius 1 is 1.11 bits per heavy atom. The lowest BCUT2D eigenvalue weighted by Crippen LogP contribution is -2.49. The number of nitrogens with zero attached hydrogens (tertiary/aromatic N) is 3. The standard InChI is InChI=1S/C17H17BrF3N3O3S/c1-12-3-2-4-16(22-12)23-7-9-24(10-8-23)28(25,26)15-6-5-13(18)11-14(15)27-17(19,20)21/h2-6,11H,7-10H2,1H3. The van der Waals surface area contributed by atoms with Crippen molar-refractivity contribution in [3.05, 3.63) is 46.6 Å². The molecule has 152 valence electrons. The van der Waals surface area contributed by atoms with Crippen LogP contribution in [0.5, 0.6) is 5.75 Å². The quantitative estimate of drug-likeness (QED) is 0.670. The summed E-state index contributed by atoms with van der Waals surface area (Å²) in [6, 6.07) is 9.02. The summed E-state index contributed by atoms with van der Waals surface area (Å²) in [4.78, 5) is 5.83. The van der Waals surface area contributed by atoms with E-state index in [1.165, 1.54) is 6.07 Å². The third kappa shape index (κ3) is 4.76. The van der Waals surface area contributed by atoms with Crippen LogP contribution in [-0.2, 0) is 10.0 Å². The van der Waals surface area contributed by atoms with E-state index in [0.717, 1.165) is 27.9 Å². The predicted molar refractivity (Wildman–Crippen MR) is 101 cm³/mol. The number of benzene rings is 1. The van der Waals surface area contributed by atoms with Gasteiger partial charge in [0.25, 0.3) is 0 Å². The first-order valence-corrected chi connectivity index (χ1v) is 10.5. The average molecular weight is 480 g/mol. The fourth-order valence-corrected chi connectivity index (χ4v) is 4.76. The normalized spacial score (nSPS) is 16.2. The molecule has 28 heavy (non-hydrogen) atoms. The topological polar surface area (TPSA) is 62.7 Å². The van der Waals surface area contributed by atoms with Crippen molar-refractivity contribution in [3.8, 4) is 5.75 Å². The van der Waals surface area contributed by atoms with Crippen LogP contribution in [0.25, 0.3) is 0 Å². The van der Waals surface area contributed by atoms with Gasteiger partial charge in [-0.3, -0.25) is 0 Å². The third-order valence-electron chi connectivity index (χ3n) is 4.19. The van der Waals surface area contributed by atoms with Crippen molar-refractivity contribution in [1.82, 2.24) is 9.29 Å². The molecule has 1 saturated heterocycles. The number of alkyl halides is 3. The molecule has 0 radical (unpaired) electrons. The van der Waals surface area contributed by atoms with Crippen LogP contribution in [0, 0.1) is 6.92 Å². The molecule has 6 nitrogen and oxygen atoms in total. The second-order valence-corrected chi connectivity index (χ2v) is 8.99. The van der Waals surface area contributed by atoms with Gasteiger partial charge in [-0.2, -0.15) is 4.31 Å². The molecule has 0 aliphatic carbocycles. The van der Waals surface area contributed by atoms with Crippen LogP contribution in [-0.4, -0.2) is 50.2 Å². The molecular weight excluding hydrogens is 463 g/mol. The summed E-state index contributed by atoms with van der Waals surface area (Å²) in [5.41, 5.74) is 0.844. The number of aryl methyl sites for hydroxylation is 1. The fraction of sp³-hybridized carbons (Fsp3) is 0.353. The van der Waals surface area contributed by atoms with Gasteiger partial charge >= 0.3 is 6.36 Å². The number of piperazine rings is 1. The van der Waals surface area contributed by atoms with Crippen molar-refractivity contribution in [3.63, 3.8) is 0 Å². The highest BCUT2D eigenvalue weighted by Gasteiger charge is 2.36. The highest BCUT2D eigenvalue weighted by molar-refractivity contribution is 9.10. The second-order valence-electron chi connectivity index (χ2n) is 6.17. The molecule has 0 bridgehead atoms. The predicted octanol–water partition coefficient (Wildman–Crippen LogP) is 3.56. The lowest BCUT2D eigenvalue weighted by molar-refractivity contribution is -0.275. The zero-order chi connectivity index (χ0) is 20.5. The van der Waals surface area contributed by atoms with Gasteiger partial charge in [-0.15, -0.1) is 13.2 Å². The number of hydrogen-bond donors (Lipinski definition) is 0. The van der Waals surface area contributed by atoms with Crippen LogP contribution in [0.4, 0.5) is 19.0 Å². The van der Waals surface area contributed by atoms with Crippen molar-refractivity contribution in [2.45, 2.75) is 18.2 Å². The molecule has 0 unspecified atom stereocenters. The van der Waals surface area contributed by atoms with Gasteiger partial charge in [0.2, 0.25) is 10.0 Å². The van der Waals surface area contributed by atoms with Crippen molar-refractivity contribution in [1.29, 1.82) is 0 Å². The summed E-state index contributed by atoms with van der Waals surface area (Å²) in [6.45, 7) is 2.86. The first-order valence-electron chi connectivity index (χ1n) is 8.30. The highest BCUT2D eigenvalue weighted by Crippen LogP contribution is 2.34. The Balaban J connectivity index is 1.81. The zero-order valence-electron chi connectivity index (χ0n) is 14.8. The van der Waals surface area contributed by atoms with Gasteiger partial charge in [-0.25, -0.2) is 13.4 Å². The van der Waals surface area contributed by atoms with E-state index in [2.05, 4.69) is 25.7 Å². The minimum atomic E-state index is -5.00. The minimum Gasteiger partial charge on any atom is -0.404 e. The van der Waals surface area contributed by atoms with Gasteiger partial charge in [0, 0.05) is 36.3 Å². The second kappa shape index (κ2) is 7.88. The molecule has 1 aliphatic heterocycles. The smallest absolute Gasteiger partial charge is 0.404 e. The summed E-state index contributed by atoms with van der Waals surface area (Å²) >= 11 is 3.04. The van der Waals surface area contributed by atoms with Crippen LogP contribution < -0.4 is 9.64 Å². The SMILES string of the molecule is Cc1cccc(N2CCN(S(=O)(=O)c3ccc(Br)cc3OC(F)(F)F)CC2)n1. The maximum atomic E-state index is 12.9. The van der Waals surface area contributed by atoms with Gasteiger partial charge in [0.1, 0.15) is 10.7 Å². The first-order chi connectivity index (χ1) is 13.1. The largest absolute Gasteiger partial charge is 0.573 e. The molecule has 0 saturated carbocycles. The Hall–Kier alpha value is -1.85. The van der Waals surface area contributed by atoms with Crippen LogP contribution >= 0.6 is 15.9 Å². The number of aromatic nitrogens is 1. The average Bonchev–Trinajstić information content (AvgIpc) is 2.60. The van der Waals surface area contributed by atoms with E-state index in [4.69, 9.17) is 0 Å². The highest BCUT2D eigenvalue weighted by atomic mass is 79.9. The van der Waals surface area contributed by atoms with E-state index < -0.39 is 27.0 Å². The number of pyridine rings is 1. The Bertz CT molecular complexity index is 962. The Labute approximate surface area is 169 Å². The molecule has 1 fully saturated rings. The molecule has 0 spiro atoms. The Morgan fingerprint density at radius 2 is 1.79 bits per heavy atom. The number of halogens is 4. The van der Waals surface area contributed by atoms with Gasteiger partial charge in [0.05, 0.1) is 0 Å². The number of anilines is 1. The minimum absolute atomic E-state index is 0.124. The Morgan fingerprint density at radius 3 is 2.39 bits per heavy atom. The third-order valence-corrected chi connectivity index (χ3v) is 6.62. The number of ether oxygens (including phenoxy) is 1. The van der Waals surface area contributed by atoms with E-state index in [1.54, 1.807) is 0 Å². The molecule has 0 atom stereocenters. The van der Waals surface area contributed by atoms with Crippen molar-refractivity contribution in [2.24, 2.45) is 0 Å². The van der Waals surface area contributed by atoms with Crippen LogP contribution in [0.3, 0.4) is 0 Å². The summed E-state index contributed by atoms with van der Waals surface area (Å²) in [6.07, 6.45) is -5.00. The maximum absolute atomic E-state index is 12.9. The molecule has 1 aromatic heterocycles.